The molecule has 0 atom stereocenters. The predicted octanol–water partition coefficient (Wildman–Crippen LogP) is 4.28. The second-order valence-electron chi connectivity index (χ2n) is 6.20. The summed E-state index contributed by atoms with van der Waals surface area (Å²) in [7, 11) is 1.35. The highest BCUT2D eigenvalue weighted by Crippen LogP contribution is 2.18. The minimum Gasteiger partial charge on any atom is -0.464 e. The number of benzene rings is 2. The third kappa shape index (κ3) is 5.23. The van der Waals surface area contributed by atoms with Gasteiger partial charge in [-0.3, -0.25) is 0 Å². The van der Waals surface area contributed by atoms with E-state index in [-0.39, 0.29) is 6.61 Å². The van der Waals surface area contributed by atoms with Crippen LogP contribution in [-0.4, -0.2) is 30.7 Å². The van der Waals surface area contributed by atoms with Crippen molar-refractivity contribution < 1.29 is 19.1 Å². The number of methoxy groups -OCH3 is 1. The number of alkyl carbamates (subject to hydrolysis) is 1. The molecule has 2 N–H and O–H groups in total. The van der Waals surface area contributed by atoms with Crippen molar-refractivity contribution in [3.05, 3.63) is 77.5 Å². The molecule has 0 radical (unpaired) electrons. The number of hydrogen-bond acceptors (Lipinski definition) is 4. The Kier molecular flexibility index (Phi) is 6.46. The summed E-state index contributed by atoms with van der Waals surface area (Å²) in [5.74, 6) is -0.390. The van der Waals surface area contributed by atoms with Crippen molar-refractivity contribution >= 4 is 29.0 Å². The van der Waals surface area contributed by atoms with Gasteiger partial charge in [-0.1, -0.05) is 54.6 Å². The van der Waals surface area contributed by atoms with Crippen molar-refractivity contribution in [2.45, 2.75) is 13.0 Å². The maximum Gasteiger partial charge on any atom is 0.407 e. The summed E-state index contributed by atoms with van der Waals surface area (Å²) in [4.78, 5) is 26.3. The number of amides is 1. The van der Waals surface area contributed by atoms with Crippen LogP contribution < -0.4 is 5.32 Å². The maximum absolute atomic E-state index is 11.7. The molecule has 0 spiro atoms. The van der Waals surface area contributed by atoms with E-state index >= 15 is 0 Å². The van der Waals surface area contributed by atoms with Crippen LogP contribution >= 0.6 is 0 Å². The number of hydrogen-bond donors (Lipinski definition) is 2. The number of rotatable bonds is 7. The Morgan fingerprint density at radius 3 is 2.71 bits per heavy atom. The Balaban J connectivity index is 1.44. The van der Waals surface area contributed by atoms with Crippen LogP contribution in [0.2, 0.25) is 0 Å². The number of ether oxygens (including phenoxy) is 2. The van der Waals surface area contributed by atoms with E-state index in [1.165, 1.54) is 7.11 Å². The second-order valence-corrected chi connectivity index (χ2v) is 6.20. The van der Waals surface area contributed by atoms with Gasteiger partial charge in [0.25, 0.3) is 0 Å². The number of carbonyl (C=O) groups is 2. The molecule has 3 rings (SSSR count). The minimum absolute atomic E-state index is 0.256. The van der Waals surface area contributed by atoms with E-state index in [1.807, 2.05) is 60.7 Å². The first kappa shape index (κ1) is 19.2. The van der Waals surface area contributed by atoms with Gasteiger partial charge in [-0.25, -0.2) is 9.59 Å². The quantitative estimate of drug-likeness (QED) is 0.475. The average molecular weight is 378 g/mol. The number of fused-ring (bicyclic) bond motifs is 1. The van der Waals surface area contributed by atoms with Gasteiger partial charge >= 0.3 is 12.1 Å². The summed E-state index contributed by atoms with van der Waals surface area (Å²) >= 11 is 0. The summed E-state index contributed by atoms with van der Waals surface area (Å²) in [5, 5.41) is 3.67. The lowest BCUT2D eigenvalue weighted by atomic mass is 10.1. The first-order chi connectivity index (χ1) is 13.7. The third-order valence-corrected chi connectivity index (χ3v) is 4.16. The molecule has 3 aromatic rings. The monoisotopic (exact) mass is 378 g/mol. The Hall–Kier alpha value is -3.54. The fourth-order valence-electron chi connectivity index (χ4n) is 2.72. The van der Waals surface area contributed by atoms with Crippen molar-refractivity contribution in [1.82, 2.24) is 10.3 Å². The molecule has 1 heterocycles. The van der Waals surface area contributed by atoms with E-state index in [2.05, 4.69) is 10.3 Å². The molecule has 6 heteroatoms. The van der Waals surface area contributed by atoms with Gasteiger partial charge in [0.15, 0.2) is 0 Å². The third-order valence-electron chi connectivity index (χ3n) is 4.16. The predicted molar refractivity (Wildman–Crippen MR) is 108 cm³/mol. The second kappa shape index (κ2) is 9.41. The maximum atomic E-state index is 11.7. The van der Waals surface area contributed by atoms with E-state index in [1.54, 1.807) is 6.07 Å². The summed E-state index contributed by atoms with van der Waals surface area (Å²) in [6.45, 7) is 0.744. The fourth-order valence-corrected chi connectivity index (χ4v) is 2.72. The first-order valence-corrected chi connectivity index (χ1v) is 8.98. The Labute approximate surface area is 163 Å². The zero-order valence-corrected chi connectivity index (χ0v) is 15.6. The van der Waals surface area contributed by atoms with Gasteiger partial charge in [-0.2, -0.15) is 0 Å². The largest absolute Gasteiger partial charge is 0.464 e. The molecule has 0 bridgehead atoms. The zero-order chi connectivity index (χ0) is 19.8. The highest BCUT2D eigenvalue weighted by molar-refractivity contribution is 5.95. The van der Waals surface area contributed by atoms with Crippen LogP contribution in [0.1, 0.15) is 28.0 Å². The molecule has 2 aromatic carbocycles. The number of carbonyl (C=O) groups excluding carboxylic acids is 2. The van der Waals surface area contributed by atoms with E-state index in [0.717, 1.165) is 22.0 Å². The highest BCUT2D eigenvalue weighted by Gasteiger charge is 2.09. The van der Waals surface area contributed by atoms with Gasteiger partial charge in [-0.15, -0.1) is 0 Å². The van der Waals surface area contributed by atoms with Crippen LogP contribution in [0.25, 0.3) is 17.0 Å². The van der Waals surface area contributed by atoms with Crippen molar-refractivity contribution in [2.24, 2.45) is 0 Å². The van der Waals surface area contributed by atoms with Crippen LogP contribution in [-0.2, 0) is 16.1 Å². The van der Waals surface area contributed by atoms with Crippen molar-refractivity contribution in [3.8, 4) is 0 Å². The SMILES string of the molecule is COC(=O)c1cc2ccc(C=CCCNC(=O)OCc3ccccc3)cc2[nH]1. The lowest BCUT2D eigenvalue weighted by Crippen LogP contribution is -2.24. The molecule has 6 nitrogen and oxygen atoms in total. The summed E-state index contributed by atoms with van der Waals surface area (Å²) in [6, 6.07) is 17.2. The molecule has 0 unspecified atom stereocenters. The zero-order valence-electron chi connectivity index (χ0n) is 15.6. The molecule has 0 fully saturated rings. The normalized spacial score (nSPS) is 10.9. The smallest absolute Gasteiger partial charge is 0.407 e. The minimum atomic E-state index is -0.430. The molecule has 0 saturated carbocycles. The van der Waals surface area contributed by atoms with Gasteiger partial charge in [0.05, 0.1) is 7.11 Å². The van der Waals surface area contributed by atoms with Crippen LogP contribution in [0.4, 0.5) is 4.79 Å². The summed E-state index contributed by atoms with van der Waals surface area (Å²) in [5.41, 5.74) is 3.24. The van der Waals surface area contributed by atoms with Crippen LogP contribution in [0, 0.1) is 0 Å². The van der Waals surface area contributed by atoms with E-state index < -0.39 is 12.1 Å². The van der Waals surface area contributed by atoms with Crippen LogP contribution in [0.3, 0.4) is 0 Å². The lowest BCUT2D eigenvalue weighted by Gasteiger charge is -2.05. The standard InChI is InChI=1S/C22H22N2O4/c1-27-21(25)20-14-18-11-10-16(13-19(18)24-20)7-5-6-12-23-22(26)28-15-17-8-3-2-4-9-17/h2-5,7-11,13-14,24H,6,12,15H2,1H3,(H,23,26). The van der Waals surface area contributed by atoms with Crippen molar-refractivity contribution in [2.75, 3.05) is 13.7 Å². The molecule has 1 aromatic heterocycles. The Morgan fingerprint density at radius 2 is 1.93 bits per heavy atom. The lowest BCUT2D eigenvalue weighted by molar-refractivity contribution is 0.0595. The Morgan fingerprint density at radius 1 is 1.11 bits per heavy atom. The average Bonchev–Trinajstić information content (AvgIpc) is 3.15. The van der Waals surface area contributed by atoms with Crippen LogP contribution in [0.15, 0.2) is 60.7 Å². The molecule has 1 amide bonds. The molecule has 144 valence electrons. The molecule has 0 aliphatic heterocycles. The first-order valence-electron chi connectivity index (χ1n) is 8.98. The molecule has 0 aliphatic rings. The number of H-pyrrole nitrogens is 1. The van der Waals surface area contributed by atoms with Crippen molar-refractivity contribution in [1.29, 1.82) is 0 Å². The summed E-state index contributed by atoms with van der Waals surface area (Å²) in [6.07, 6.45) is 4.19. The van der Waals surface area contributed by atoms with Gasteiger partial charge in [0.1, 0.15) is 12.3 Å². The molecule has 28 heavy (non-hydrogen) atoms. The van der Waals surface area contributed by atoms with E-state index in [9.17, 15) is 9.59 Å². The topological polar surface area (TPSA) is 80.4 Å². The fraction of sp³-hybridized carbons (Fsp3) is 0.182. The molecular formula is C22H22N2O4. The number of nitrogens with one attached hydrogen (secondary N) is 2. The number of esters is 1. The van der Waals surface area contributed by atoms with Gasteiger partial charge < -0.3 is 19.8 Å². The number of aromatic nitrogens is 1. The van der Waals surface area contributed by atoms with Gasteiger partial charge in [0.2, 0.25) is 0 Å². The van der Waals surface area contributed by atoms with E-state index in [4.69, 9.17) is 9.47 Å². The molecule has 0 saturated heterocycles. The molecular weight excluding hydrogens is 356 g/mol. The van der Waals surface area contributed by atoms with Gasteiger partial charge in [-0.05, 0) is 29.7 Å². The molecule has 0 aliphatic carbocycles. The van der Waals surface area contributed by atoms with Crippen LogP contribution in [0.5, 0.6) is 0 Å². The van der Waals surface area contributed by atoms with E-state index in [0.29, 0.717) is 18.7 Å². The van der Waals surface area contributed by atoms with Gasteiger partial charge in [0, 0.05) is 17.4 Å². The highest BCUT2D eigenvalue weighted by atomic mass is 16.5. The Bertz CT molecular complexity index is 977. The summed E-state index contributed by atoms with van der Waals surface area (Å²) < 4.78 is 9.88. The van der Waals surface area contributed by atoms with Crippen molar-refractivity contribution in [3.63, 3.8) is 0 Å². The number of aromatic amines is 1.